The van der Waals surface area contributed by atoms with E-state index in [2.05, 4.69) is 22.8 Å². The predicted molar refractivity (Wildman–Crippen MR) is 114 cm³/mol. The molecule has 0 radical (unpaired) electrons. The highest BCUT2D eigenvalue weighted by molar-refractivity contribution is 7.13. The van der Waals surface area contributed by atoms with Crippen LogP contribution in [-0.4, -0.2) is 16.1 Å². The van der Waals surface area contributed by atoms with Gasteiger partial charge in [0.25, 0.3) is 0 Å². The molecule has 0 saturated heterocycles. The van der Waals surface area contributed by atoms with Gasteiger partial charge in [-0.2, -0.15) is 0 Å². The highest BCUT2D eigenvalue weighted by Crippen LogP contribution is 2.29. The van der Waals surface area contributed by atoms with Crippen molar-refractivity contribution in [2.45, 2.75) is 6.54 Å². The Bertz CT molecular complexity index is 1090. The van der Waals surface area contributed by atoms with Crippen LogP contribution < -0.4 is 5.32 Å². The van der Waals surface area contributed by atoms with Gasteiger partial charge in [0.05, 0.1) is 11.3 Å². The molecule has 3 aromatic carbocycles. The number of nitrogens with zero attached hydrogens (tertiary/aromatic N) is 1. The van der Waals surface area contributed by atoms with E-state index in [1.54, 1.807) is 29.5 Å². The summed E-state index contributed by atoms with van der Waals surface area (Å²) >= 11 is 1.64. The van der Waals surface area contributed by atoms with E-state index in [1.165, 1.54) is 0 Å². The Morgan fingerprint density at radius 1 is 0.929 bits per heavy atom. The summed E-state index contributed by atoms with van der Waals surface area (Å²) in [4.78, 5) is 15.8. The fourth-order valence-corrected chi connectivity index (χ4v) is 3.73. The van der Waals surface area contributed by atoms with Crippen LogP contribution in [0.4, 0.5) is 5.69 Å². The number of hydrogen-bond acceptors (Lipinski definition) is 4. The molecule has 0 aliphatic rings. The van der Waals surface area contributed by atoms with Gasteiger partial charge in [0.2, 0.25) is 0 Å². The summed E-state index contributed by atoms with van der Waals surface area (Å²) < 4.78 is 0. The van der Waals surface area contributed by atoms with Gasteiger partial charge in [-0.3, -0.25) is 0 Å². The Kier molecular flexibility index (Phi) is 5.17. The van der Waals surface area contributed by atoms with Gasteiger partial charge < -0.3 is 10.4 Å². The average Bonchev–Trinajstić information content (AvgIpc) is 3.24. The van der Waals surface area contributed by atoms with Crippen molar-refractivity contribution >= 4 is 23.0 Å². The fourth-order valence-electron chi connectivity index (χ4n) is 2.90. The number of thiazole rings is 1. The zero-order valence-corrected chi connectivity index (χ0v) is 15.8. The van der Waals surface area contributed by atoms with E-state index in [0.717, 1.165) is 33.1 Å². The zero-order chi connectivity index (χ0) is 19.3. The highest BCUT2D eigenvalue weighted by Gasteiger charge is 2.07. The van der Waals surface area contributed by atoms with E-state index in [0.29, 0.717) is 12.1 Å². The lowest BCUT2D eigenvalue weighted by atomic mass is 10.1. The number of anilines is 1. The molecule has 138 valence electrons. The maximum absolute atomic E-state index is 11.1. The van der Waals surface area contributed by atoms with E-state index >= 15 is 0 Å². The Morgan fingerprint density at radius 2 is 1.71 bits per heavy atom. The van der Waals surface area contributed by atoms with Crippen LogP contribution in [0.25, 0.3) is 21.8 Å². The minimum absolute atomic E-state index is 0.299. The van der Waals surface area contributed by atoms with Crippen molar-refractivity contribution in [2.24, 2.45) is 0 Å². The molecular formula is C23H18N2O2S. The van der Waals surface area contributed by atoms with Crippen LogP contribution in [0.1, 0.15) is 15.9 Å². The van der Waals surface area contributed by atoms with Crippen molar-refractivity contribution in [3.05, 3.63) is 95.4 Å². The topological polar surface area (TPSA) is 62.2 Å². The lowest BCUT2D eigenvalue weighted by Gasteiger charge is -2.08. The van der Waals surface area contributed by atoms with Crippen LogP contribution in [0.15, 0.2) is 84.2 Å². The molecule has 4 aromatic rings. The molecule has 2 N–H and O–H groups in total. The third kappa shape index (κ3) is 4.10. The maximum Gasteiger partial charge on any atom is 0.335 e. The molecule has 1 aromatic heterocycles. The number of rotatable bonds is 6. The summed E-state index contributed by atoms with van der Waals surface area (Å²) in [5, 5.41) is 15.5. The molecule has 0 unspecified atom stereocenters. The molecule has 0 atom stereocenters. The average molecular weight is 386 g/mol. The first-order valence-electron chi connectivity index (χ1n) is 8.86. The lowest BCUT2D eigenvalue weighted by molar-refractivity contribution is 0.0696. The number of aromatic carboxylic acids is 1. The molecule has 1 heterocycles. The summed E-state index contributed by atoms with van der Waals surface area (Å²) in [7, 11) is 0. The Hall–Kier alpha value is -3.44. The second kappa shape index (κ2) is 8.06. The van der Waals surface area contributed by atoms with Gasteiger partial charge in [0, 0.05) is 28.7 Å². The number of hydrogen-bond donors (Lipinski definition) is 2. The summed E-state index contributed by atoms with van der Waals surface area (Å²) in [5.74, 6) is -0.913. The smallest absolute Gasteiger partial charge is 0.335 e. The summed E-state index contributed by atoms with van der Waals surface area (Å²) in [6.07, 6.45) is 0. The number of carboxylic acid groups (broad SMARTS) is 1. The van der Waals surface area contributed by atoms with E-state index in [1.807, 2.05) is 48.5 Å². The van der Waals surface area contributed by atoms with E-state index in [-0.39, 0.29) is 0 Å². The molecule has 0 amide bonds. The van der Waals surface area contributed by atoms with Crippen LogP contribution in [0.3, 0.4) is 0 Å². The Morgan fingerprint density at radius 3 is 2.46 bits per heavy atom. The fraction of sp³-hybridized carbons (Fsp3) is 0.0435. The van der Waals surface area contributed by atoms with Gasteiger partial charge >= 0.3 is 5.97 Å². The molecule has 0 fully saturated rings. The van der Waals surface area contributed by atoms with Crippen LogP contribution in [0.2, 0.25) is 0 Å². The zero-order valence-electron chi connectivity index (χ0n) is 15.0. The van der Waals surface area contributed by atoms with Gasteiger partial charge in [-0.1, -0.05) is 54.6 Å². The first-order valence-corrected chi connectivity index (χ1v) is 9.74. The maximum atomic E-state index is 11.1. The molecule has 4 rings (SSSR count). The standard InChI is InChI=1S/C23H18N2O2S/c26-23(27)19-8-4-5-16(13-19)14-24-20-11-9-17(10-12-20)21-15-28-22(25-21)18-6-2-1-3-7-18/h1-13,15,24H,14H2,(H,26,27). The van der Waals surface area contributed by atoms with Crippen LogP contribution in [0.5, 0.6) is 0 Å². The Labute approximate surface area is 167 Å². The van der Waals surface area contributed by atoms with E-state index in [4.69, 9.17) is 10.1 Å². The number of carboxylic acids is 1. The van der Waals surface area contributed by atoms with E-state index < -0.39 is 5.97 Å². The number of nitrogens with one attached hydrogen (secondary N) is 1. The lowest BCUT2D eigenvalue weighted by Crippen LogP contribution is -2.02. The molecule has 0 spiro atoms. The van der Waals surface area contributed by atoms with Gasteiger partial charge in [-0.25, -0.2) is 9.78 Å². The second-order valence-corrected chi connectivity index (χ2v) is 7.20. The molecule has 5 heteroatoms. The molecule has 0 aliphatic carbocycles. The van der Waals surface area contributed by atoms with Crippen LogP contribution in [-0.2, 0) is 6.54 Å². The molecule has 0 bridgehead atoms. The number of aromatic nitrogens is 1. The van der Waals surface area contributed by atoms with Gasteiger partial charge in [-0.15, -0.1) is 11.3 Å². The third-order valence-corrected chi connectivity index (χ3v) is 5.27. The number of benzene rings is 3. The summed E-state index contributed by atoms with van der Waals surface area (Å²) in [5.41, 5.74) is 5.36. The van der Waals surface area contributed by atoms with Gasteiger partial charge in [0.1, 0.15) is 5.01 Å². The molecule has 4 nitrogen and oxygen atoms in total. The minimum atomic E-state index is -0.913. The molecule has 0 saturated carbocycles. The van der Waals surface area contributed by atoms with Crippen molar-refractivity contribution in [2.75, 3.05) is 5.32 Å². The molecule has 0 aliphatic heterocycles. The van der Waals surface area contributed by atoms with Crippen LogP contribution >= 0.6 is 11.3 Å². The van der Waals surface area contributed by atoms with E-state index in [9.17, 15) is 4.79 Å². The van der Waals surface area contributed by atoms with Crippen molar-refractivity contribution in [3.8, 4) is 21.8 Å². The van der Waals surface area contributed by atoms with Crippen molar-refractivity contribution in [3.63, 3.8) is 0 Å². The molecular weight excluding hydrogens is 368 g/mol. The first kappa shape index (κ1) is 17.9. The van der Waals surface area contributed by atoms with Crippen molar-refractivity contribution < 1.29 is 9.90 Å². The minimum Gasteiger partial charge on any atom is -0.478 e. The first-order chi connectivity index (χ1) is 13.7. The predicted octanol–water partition coefficient (Wildman–Crippen LogP) is 5.79. The third-order valence-electron chi connectivity index (χ3n) is 4.38. The highest BCUT2D eigenvalue weighted by atomic mass is 32.1. The monoisotopic (exact) mass is 386 g/mol. The second-order valence-electron chi connectivity index (χ2n) is 6.34. The van der Waals surface area contributed by atoms with Crippen molar-refractivity contribution in [1.82, 2.24) is 4.98 Å². The SMILES string of the molecule is O=C(O)c1cccc(CNc2ccc(-c3csc(-c4ccccc4)n3)cc2)c1. The Balaban J connectivity index is 1.44. The summed E-state index contributed by atoms with van der Waals surface area (Å²) in [6, 6.07) is 25.2. The van der Waals surface area contributed by atoms with Gasteiger partial charge in [-0.05, 0) is 29.8 Å². The largest absolute Gasteiger partial charge is 0.478 e. The van der Waals surface area contributed by atoms with Gasteiger partial charge in [0.15, 0.2) is 0 Å². The number of carbonyl (C=O) groups is 1. The van der Waals surface area contributed by atoms with Crippen LogP contribution in [0, 0.1) is 0 Å². The molecule has 28 heavy (non-hydrogen) atoms. The quantitative estimate of drug-likeness (QED) is 0.440. The normalized spacial score (nSPS) is 10.6. The van der Waals surface area contributed by atoms with Crippen molar-refractivity contribution in [1.29, 1.82) is 0 Å². The summed E-state index contributed by atoms with van der Waals surface area (Å²) in [6.45, 7) is 0.565.